The van der Waals surface area contributed by atoms with E-state index in [1.54, 1.807) is 0 Å². The number of H-pyrrole nitrogens is 1. The standard InChI is InChI=1S/C9H10N4O/c10-5-8(14)11-9-6-3-1-2-4-7(6)12-13-9/h1-4H,5,10H2,(H2,11,12,13,14). The first kappa shape index (κ1) is 8.71. The fourth-order valence-corrected chi connectivity index (χ4v) is 1.24. The van der Waals surface area contributed by atoms with Crippen molar-refractivity contribution in [3.8, 4) is 0 Å². The van der Waals surface area contributed by atoms with Crippen LogP contribution in [0.4, 0.5) is 5.82 Å². The Morgan fingerprint density at radius 1 is 1.50 bits per heavy atom. The molecule has 5 nitrogen and oxygen atoms in total. The number of hydrogen-bond donors (Lipinski definition) is 3. The van der Waals surface area contributed by atoms with E-state index in [0.29, 0.717) is 5.82 Å². The molecule has 0 saturated heterocycles. The van der Waals surface area contributed by atoms with Crippen LogP contribution in [0.25, 0.3) is 10.9 Å². The van der Waals surface area contributed by atoms with Gasteiger partial charge >= 0.3 is 0 Å². The van der Waals surface area contributed by atoms with Gasteiger partial charge in [-0.05, 0) is 12.1 Å². The molecule has 0 spiro atoms. The number of aromatic amines is 1. The van der Waals surface area contributed by atoms with Crippen molar-refractivity contribution in [2.75, 3.05) is 11.9 Å². The summed E-state index contributed by atoms with van der Waals surface area (Å²) >= 11 is 0. The first-order chi connectivity index (χ1) is 6.81. The average molecular weight is 190 g/mol. The molecule has 1 amide bonds. The predicted octanol–water partition coefficient (Wildman–Crippen LogP) is 0.460. The van der Waals surface area contributed by atoms with Crippen LogP contribution in [-0.2, 0) is 4.79 Å². The summed E-state index contributed by atoms with van der Waals surface area (Å²) in [6, 6.07) is 7.55. The van der Waals surface area contributed by atoms with Crippen molar-refractivity contribution in [1.29, 1.82) is 0 Å². The number of benzene rings is 1. The summed E-state index contributed by atoms with van der Waals surface area (Å²) in [4.78, 5) is 11.0. The summed E-state index contributed by atoms with van der Waals surface area (Å²) in [5.74, 6) is 0.276. The number of hydrogen-bond acceptors (Lipinski definition) is 3. The van der Waals surface area contributed by atoms with Crippen molar-refractivity contribution in [2.45, 2.75) is 0 Å². The molecule has 14 heavy (non-hydrogen) atoms. The van der Waals surface area contributed by atoms with Crippen LogP contribution < -0.4 is 11.1 Å². The van der Waals surface area contributed by atoms with Crippen molar-refractivity contribution < 1.29 is 4.79 Å². The normalized spacial score (nSPS) is 10.4. The van der Waals surface area contributed by atoms with Gasteiger partial charge in [0.2, 0.25) is 5.91 Å². The number of nitrogens with two attached hydrogens (primary N) is 1. The molecule has 0 aliphatic heterocycles. The molecule has 4 N–H and O–H groups in total. The van der Waals surface area contributed by atoms with E-state index < -0.39 is 0 Å². The molecule has 5 heteroatoms. The molecular formula is C9H10N4O. The first-order valence-electron chi connectivity index (χ1n) is 4.24. The van der Waals surface area contributed by atoms with Gasteiger partial charge in [0, 0.05) is 5.39 Å². The van der Waals surface area contributed by atoms with Gasteiger partial charge in [-0.25, -0.2) is 0 Å². The molecule has 2 rings (SSSR count). The van der Waals surface area contributed by atoms with Crippen molar-refractivity contribution in [1.82, 2.24) is 10.2 Å². The van der Waals surface area contributed by atoms with Gasteiger partial charge in [-0.15, -0.1) is 0 Å². The highest BCUT2D eigenvalue weighted by molar-refractivity contribution is 6.00. The van der Waals surface area contributed by atoms with Gasteiger partial charge in [0.05, 0.1) is 12.1 Å². The lowest BCUT2D eigenvalue weighted by Gasteiger charge is -1.98. The number of carbonyl (C=O) groups is 1. The minimum Gasteiger partial charge on any atom is -0.322 e. The highest BCUT2D eigenvalue weighted by Gasteiger charge is 2.06. The van der Waals surface area contributed by atoms with Gasteiger partial charge in [0.1, 0.15) is 0 Å². The van der Waals surface area contributed by atoms with E-state index >= 15 is 0 Å². The molecule has 0 fully saturated rings. The van der Waals surface area contributed by atoms with Gasteiger partial charge < -0.3 is 11.1 Å². The Hall–Kier alpha value is -1.88. The van der Waals surface area contributed by atoms with Crippen molar-refractivity contribution in [3.05, 3.63) is 24.3 Å². The Labute approximate surface area is 80.3 Å². The van der Waals surface area contributed by atoms with Gasteiger partial charge in [-0.3, -0.25) is 9.89 Å². The third-order valence-electron chi connectivity index (χ3n) is 1.91. The number of rotatable bonds is 2. The number of nitrogens with one attached hydrogen (secondary N) is 2. The first-order valence-corrected chi connectivity index (χ1v) is 4.24. The quantitative estimate of drug-likeness (QED) is 0.643. The van der Waals surface area contributed by atoms with Gasteiger partial charge in [-0.2, -0.15) is 5.10 Å². The second-order valence-corrected chi connectivity index (χ2v) is 2.87. The maximum Gasteiger partial charge on any atom is 0.239 e. The molecule has 0 aliphatic rings. The van der Waals surface area contributed by atoms with Crippen LogP contribution in [0, 0.1) is 0 Å². The van der Waals surface area contributed by atoms with Crippen molar-refractivity contribution in [2.24, 2.45) is 5.73 Å². The Morgan fingerprint density at radius 3 is 3.07 bits per heavy atom. The summed E-state index contributed by atoms with van der Waals surface area (Å²) in [6.07, 6.45) is 0. The smallest absolute Gasteiger partial charge is 0.239 e. The van der Waals surface area contributed by atoms with Crippen LogP contribution >= 0.6 is 0 Å². The maximum atomic E-state index is 11.0. The van der Waals surface area contributed by atoms with E-state index in [1.807, 2.05) is 24.3 Å². The third-order valence-corrected chi connectivity index (χ3v) is 1.91. The molecule has 2 aromatic rings. The number of amides is 1. The van der Waals surface area contributed by atoms with E-state index in [9.17, 15) is 4.79 Å². The molecule has 1 heterocycles. The van der Waals surface area contributed by atoms with Gasteiger partial charge in [-0.1, -0.05) is 12.1 Å². The molecule has 0 bridgehead atoms. The second-order valence-electron chi connectivity index (χ2n) is 2.87. The largest absolute Gasteiger partial charge is 0.322 e. The lowest BCUT2D eigenvalue weighted by Crippen LogP contribution is -2.22. The van der Waals surface area contributed by atoms with Gasteiger partial charge in [0.25, 0.3) is 0 Å². The van der Waals surface area contributed by atoms with Crippen molar-refractivity contribution >= 4 is 22.6 Å². The number of carbonyl (C=O) groups excluding carboxylic acids is 1. The summed E-state index contributed by atoms with van der Waals surface area (Å²) in [5, 5.41) is 10.3. The number of para-hydroxylation sites is 1. The Balaban J connectivity index is 2.38. The molecule has 72 valence electrons. The van der Waals surface area contributed by atoms with Crippen LogP contribution in [0.15, 0.2) is 24.3 Å². The SMILES string of the molecule is NCC(=O)Nc1n[nH]c2ccccc12. The Kier molecular flexibility index (Phi) is 2.16. The van der Waals surface area contributed by atoms with Crippen LogP contribution in [0.3, 0.4) is 0 Å². The molecule has 1 aromatic carbocycles. The number of fused-ring (bicyclic) bond motifs is 1. The van der Waals surface area contributed by atoms with Crippen LogP contribution in [0.1, 0.15) is 0 Å². The molecule has 1 aromatic heterocycles. The highest BCUT2D eigenvalue weighted by atomic mass is 16.1. The lowest BCUT2D eigenvalue weighted by molar-refractivity contribution is -0.114. The minimum atomic E-state index is -0.248. The minimum absolute atomic E-state index is 0.0405. The summed E-state index contributed by atoms with van der Waals surface area (Å²) in [7, 11) is 0. The van der Waals surface area contributed by atoms with E-state index in [2.05, 4.69) is 15.5 Å². The zero-order chi connectivity index (χ0) is 9.97. The highest BCUT2D eigenvalue weighted by Crippen LogP contribution is 2.18. The molecule has 0 saturated carbocycles. The summed E-state index contributed by atoms with van der Waals surface area (Å²) in [6.45, 7) is -0.0405. The number of nitrogens with zero attached hydrogens (tertiary/aromatic N) is 1. The van der Waals surface area contributed by atoms with Crippen molar-refractivity contribution in [3.63, 3.8) is 0 Å². The van der Waals surface area contributed by atoms with E-state index in [1.165, 1.54) is 0 Å². The average Bonchev–Trinajstić information content (AvgIpc) is 2.62. The topological polar surface area (TPSA) is 83.8 Å². The summed E-state index contributed by atoms with van der Waals surface area (Å²) in [5.41, 5.74) is 6.07. The third kappa shape index (κ3) is 1.45. The van der Waals surface area contributed by atoms with Crippen LogP contribution in [0.2, 0.25) is 0 Å². The molecule has 0 atom stereocenters. The lowest BCUT2D eigenvalue weighted by atomic mass is 10.2. The second kappa shape index (κ2) is 3.47. The maximum absolute atomic E-state index is 11.0. The fourth-order valence-electron chi connectivity index (χ4n) is 1.24. The Bertz CT molecular complexity index is 463. The fraction of sp³-hybridized carbons (Fsp3) is 0.111. The number of anilines is 1. The van der Waals surface area contributed by atoms with Crippen LogP contribution in [-0.4, -0.2) is 22.6 Å². The Morgan fingerprint density at radius 2 is 2.29 bits per heavy atom. The number of aromatic nitrogens is 2. The van der Waals surface area contributed by atoms with E-state index in [4.69, 9.17) is 5.73 Å². The summed E-state index contributed by atoms with van der Waals surface area (Å²) < 4.78 is 0. The predicted molar refractivity (Wildman–Crippen MR) is 53.8 cm³/mol. The molecule has 0 radical (unpaired) electrons. The molecular weight excluding hydrogens is 180 g/mol. The zero-order valence-corrected chi connectivity index (χ0v) is 7.45. The van der Waals surface area contributed by atoms with Gasteiger partial charge in [0.15, 0.2) is 5.82 Å². The molecule has 0 aliphatic carbocycles. The van der Waals surface area contributed by atoms with Crippen LogP contribution in [0.5, 0.6) is 0 Å². The monoisotopic (exact) mass is 190 g/mol. The zero-order valence-electron chi connectivity index (χ0n) is 7.45. The molecule has 0 unspecified atom stereocenters. The van der Waals surface area contributed by atoms with E-state index in [-0.39, 0.29) is 12.5 Å². The van der Waals surface area contributed by atoms with E-state index in [0.717, 1.165) is 10.9 Å².